The van der Waals surface area contributed by atoms with Gasteiger partial charge in [-0.05, 0) is 25.1 Å². The van der Waals surface area contributed by atoms with E-state index in [1.54, 1.807) is 25.1 Å². The molecule has 2 aromatic carbocycles. The van der Waals surface area contributed by atoms with Gasteiger partial charge < -0.3 is 21.1 Å². The number of nitrogens with zero attached hydrogens (tertiary/aromatic N) is 3. The standard InChI is InChI=1S/C19H16N4O4S/c1-9-15-16(11-7-6-10(24)8-14(11)26)28-19(20)21-17(15)23(22-9)18(27)12-4-2-3-5-13(12)25/h2-8,16,24-26H,1H3,(H2,20,21)/t16-/m0/s1. The van der Waals surface area contributed by atoms with Gasteiger partial charge in [-0.15, -0.1) is 0 Å². The lowest BCUT2D eigenvalue weighted by Crippen LogP contribution is -2.18. The maximum atomic E-state index is 13.0. The van der Waals surface area contributed by atoms with Crippen LogP contribution in [0.3, 0.4) is 0 Å². The summed E-state index contributed by atoms with van der Waals surface area (Å²) >= 11 is 1.21. The van der Waals surface area contributed by atoms with E-state index in [1.807, 2.05) is 0 Å². The van der Waals surface area contributed by atoms with Gasteiger partial charge in [-0.3, -0.25) is 4.79 Å². The Balaban J connectivity index is 1.87. The predicted octanol–water partition coefficient (Wildman–Crippen LogP) is 2.78. The molecule has 0 bridgehead atoms. The third-order valence-electron chi connectivity index (χ3n) is 4.42. The normalized spacial score (nSPS) is 15.8. The van der Waals surface area contributed by atoms with E-state index in [1.165, 1.54) is 36.0 Å². The quantitative estimate of drug-likeness (QED) is 0.523. The van der Waals surface area contributed by atoms with Crippen LogP contribution in [0.2, 0.25) is 0 Å². The van der Waals surface area contributed by atoms with Gasteiger partial charge in [-0.25, -0.2) is 4.99 Å². The first-order valence-electron chi connectivity index (χ1n) is 8.31. The molecule has 0 amide bonds. The van der Waals surface area contributed by atoms with E-state index in [-0.39, 0.29) is 33.8 Å². The van der Waals surface area contributed by atoms with Crippen LogP contribution in [0.4, 0.5) is 5.82 Å². The fraction of sp³-hybridized carbons (Fsp3) is 0.105. The zero-order valence-corrected chi connectivity index (χ0v) is 15.5. The van der Waals surface area contributed by atoms with Gasteiger partial charge in [0.2, 0.25) is 0 Å². The number of phenolic OH excluding ortho intramolecular Hbond substituents is 3. The maximum absolute atomic E-state index is 13.0. The number of carbonyl (C=O) groups excluding carboxylic acids is 1. The van der Waals surface area contributed by atoms with Gasteiger partial charge in [-0.1, -0.05) is 30.0 Å². The maximum Gasteiger partial charge on any atom is 0.283 e. The lowest BCUT2D eigenvalue weighted by Gasteiger charge is -2.22. The van der Waals surface area contributed by atoms with Crippen LogP contribution in [0, 0.1) is 6.92 Å². The molecule has 0 spiro atoms. The smallest absolute Gasteiger partial charge is 0.283 e. The van der Waals surface area contributed by atoms with E-state index in [0.29, 0.717) is 16.8 Å². The summed E-state index contributed by atoms with van der Waals surface area (Å²) in [5.74, 6) is -0.619. The van der Waals surface area contributed by atoms with Gasteiger partial charge in [-0.2, -0.15) is 9.78 Å². The van der Waals surface area contributed by atoms with Crippen molar-refractivity contribution in [3.63, 3.8) is 0 Å². The summed E-state index contributed by atoms with van der Waals surface area (Å²) in [7, 11) is 0. The zero-order valence-electron chi connectivity index (χ0n) is 14.7. The van der Waals surface area contributed by atoms with Crippen LogP contribution < -0.4 is 5.73 Å². The van der Waals surface area contributed by atoms with Gasteiger partial charge in [0.05, 0.1) is 16.5 Å². The Morgan fingerprint density at radius 2 is 1.89 bits per heavy atom. The van der Waals surface area contributed by atoms with E-state index in [4.69, 9.17) is 5.73 Å². The van der Waals surface area contributed by atoms with Gasteiger partial charge in [0.15, 0.2) is 11.0 Å². The average molecular weight is 396 g/mol. The molecule has 9 heteroatoms. The van der Waals surface area contributed by atoms with Crippen molar-refractivity contribution in [3.05, 3.63) is 64.8 Å². The van der Waals surface area contributed by atoms with Crippen molar-refractivity contribution < 1.29 is 20.1 Å². The van der Waals surface area contributed by atoms with Crippen LogP contribution in [0.1, 0.15) is 32.4 Å². The first-order valence-corrected chi connectivity index (χ1v) is 9.19. The number of hydrogen-bond acceptors (Lipinski definition) is 8. The molecule has 3 aromatic rings. The predicted molar refractivity (Wildman–Crippen MR) is 105 cm³/mol. The fourth-order valence-electron chi connectivity index (χ4n) is 3.14. The van der Waals surface area contributed by atoms with Crippen molar-refractivity contribution in [2.24, 2.45) is 10.7 Å². The molecule has 142 valence electrons. The van der Waals surface area contributed by atoms with Gasteiger partial charge >= 0.3 is 0 Å². The molecule has 5 N–H and O–H groups in total. The lowest BCUT2D eigenvalue weighted by atomic mass is 10.0. The Hall–Kier alpha value is -3.46. The zero-order chi connectivity index (χ0) is 20.0. The number of fused-ring (bicyclic) bond motifs is 1. The summed E-state index contributed by atoms with van der Waals surface area (Å²) in [5.41, 5.74) is 7.76. The Morgan fingerprint density at radius 1 is 1.14 bits per heavy atom. The number of aliphatic imine (C=N–C) groups is 1. The second-order valence-corrected chi connectivity index (χ2v) is 7.37. The van der Waals surface area contributed by atoms with Crippen LogP contribution in [-0.4, -0.2) is 36.2 Å². The average Bonchev–Trinajstić information content (AvgIpc) is 2.97. The van der Waals surface area contributed by atoms with Crippen molar-refractivity contribution in [2.45, 2.75) is 12.2 Å². The molecule has 8 nitrogen and oxygen atoms in total. The number of aryl methyl sites for hydroxylation is 1. The summed E-state index contributed by atoms with van der Waals surface area (Å²) < 4.78 is 1.11. The molecule has 1 atom stereocenters. The molecule has 1 aliphatic rings. The van der Waals surface area contributed by atoms with Crippen molar-refractivity contribution in [3.8, 4) is 17.2 Å². The minimum Gasteiger partial charge on any atom is -0.508 e. The highest BCUT2D eigenvalue weighted by Gasteiger charge is 2.33. The van der Waals surface area contributed by atoms with Crippen molar-refractivity contribution in [1.29, 1.82) is 0 Å². The first kappa shape index (κ1) is 17.9. The number of rotatable bonds is 2. The number of aromatic nitrogens is 2. The summed E-state index contributed by atoms with van der Waals surface area (Å²) in [5, 5.41) is 33.9. The minimum absolute atomic E-state index is 0.0638. The molecular formula is C19H16N4O4S. The van der Waals surface area contributed by atoms with Crippen molar-refractivity contribution in [1.82, 2.24) is 9.78 Å². The Morgan fingerprint density at radius 3 is 2.61 bits per heavy atom. The van der Waals surface area contributed by atoms with Gasteiger partial charge in [0, 0.05) is 17.2 Å². The molecular weight excluding hydrogens is 380 g/mol. The van der Waals surface area contributed by atoms with E-state index in [0.717, 1.165) is 4.68 Å². The minimum atomic E-state index is -0.542. The number of phenols is 3. The number of aromatic hydroxyl groups is 3. The van der Waals surface area contributed by atoms with E-state index >= 15 is 0 Å². The third-order valence-corrected chi connectivity index (χ3v) is 5.48. The molecule has 4 rings (SSSR count). The topological polar surface area (TPSA) is 134 Å². The highest BCUT2D eigenvalue weighted by molar-refractivity contribution is 8.14. The van der Waals surface area contributed by atoms with E-state index in [9.17, 15) is 20.1 Å². The number of hydrogen-bond donors (Lipinski definition) is 4. The Labute approximate surface area is 164 Å². The number of thioether (sulfide) groups is 1. The molecule has 28 heavy (non-hydrogen) atoms. The first-order chi connectivity index (χ1) is 13.4. The van der Waals surface area contributed by atoms with Crippen LogP contribution in [-0.2, 0) is 0 Å². The number of carbonyl (C=O) groups is 1. The molecule has 1 aliphatic heterocycles. The number of benzene rings is 2. The van der Waals surface area contributed by atoms with Gasteiger partial charge in [0.25, 0.3) is 5.91 Å². The molecule has 0 fully saturated rings. The summed E-state index contributed by atoms with van der Waals surface area (Å²) in [6.45, 7) is 1.73. The molecule has 0 saturated heterocycles. The van der Waals surface area contributed by atoms with Crippen LogP contribution >= 0.6 is 11.8 Å². The second kappa shape index (κ2) is 6.61. The van der Waals surface area contributed by atoms with Crippen LogP contribution in [0.5, 0.6) is 17.2 Å². The second-order valence-electron chi connectivity index (χ2n) is 6.25. The van der Waals surface area contributed by atoms with Gasteiger partial charge in [0.1, 0.15) is 17.2 Å². The number of amidine groups is 1. The molecule has 0 saturated carbocycles. The SMILES string of the molecule is Cc1nn(C(=O)c2ccccc2O)c2c1[C@H](c1ccc(O)cc1O)SC(N)=N2. The van der Waals surface area contributed by atoms with Crippen LogP contribution in [0.25, 0.3) is 0 Å². The fourth-order valence-corrected chi connectivity index (χ4v) is 4.24. The van der Waals surface area contributed by atoms with Crippen LogP contribution in [0.15, 0.2) is 47.5 Å². The number of nitrogens with two attached hydrogens (primary N) is 1. The highest BCUT2D eigenvalue weighted by atomic mass is 32.2. The summed E-state index contributed by atoms with van der Waals surface area (Å²) in [6, 6.07) is 10.5. The highest BCUT2D eigenvalue weighted by Crippen LogP contribution is 2.48. The van der Waals surface area contributed by atoms with Crippen molar-refractivity contribution >= 4 is 28.7 Å². The van der Waals surface area contributed by atoms with Crippen molar-refractivity contribution in [2.75, 3.05) is 0 Å². The molecule has 2 heterocycles. The summed E-state index contributed by atoms with van der Waals surface area (Å²) in [6.07, 6.45) is 0. The monoisotopic (exact) mass is 396 g/mol. The number of para-hydroxylation sites is 1. The van der Waals surface area contributed by atoms with E-state index in [2.05, 4.69) is 10.1 Å². The molecule has 0 unspecified atom stereocenters. The Kier molecular flexibility index (Phi) is 4.23. The molecule has 1 aromatic heterocycles. The Bertz CT molecular complexity index is 1140. The largest absolute Gasteiger partial charge is 0.508 e. The third kappa shape index (κ3) is 2.85. The lowest BCUT2D eigenvalue weighted by molar-refractivity contribution is 0.0944. The van der Waals surface area contributed by atoms with E-state index < -0.39 is 11.2 Å². The molecule has 0 radical (unpaired) electrons. The summed E-state index contributed by atoms with van der Waals surface area (Å²) in [4.78, 5) is 17.2. The molecule has 0 aliphatic carbocycles.